The van der Waals surface area contributed by atoms with E-state index in [0.717, 1.165) is 11.1 Å². The van der Waals surface area contributed by atoms with E-state index in [1.165, 1.54) is 18.0 Å². The second kappa shape index (κ2) is 11.4. The monoisotopic (exact) mass is 557 g/mol. The van der Waals surface area contributed by atoms with Crippen LogP contribution in [-0.2, 0) is 4.74 Å². The molecule has 8 nitrogen and oxygen atoms in total. The third kappa shape index (κ3) is 6.37. The second-order valence-corrected chi connectivity index (χ2v) is 11.4. The van der Waals surface area contributed by atoms with E-state index in [1.54, 1.807) is 26.8 Å². The minimum absolute atomic E-state index is 0.0251. The minimum atomic E-state index is -2.97. The lowest BCUT2D eigenvalue weighted by Gasteiger charge is -2.38. The van der Waals surface area contributed by atoms with E-state index in [0.29, 0.717) is 5.75 Å². The van der Waals surface area contributed by atoms with Gasteiger partial charge in [0.25, 0.3) is 17.7 Å². The van der Waals surface area contributed by atoms with Gasteiger partial charge in [0.1, 0.15) is 17.5 Å². The van der Waals surface area contributed by atoms with Crippen LogP contribution >= 0.6 is 0 Å². The lowest BCUT2D eigenvalue weighted by Crippen LogP contribution is -2.51. The molecule has 10 heteroatoms. The molecular formula is C30H37F2N3O5. The quantitative estimate of drug-likeness (QED) is 0.523. The summed E-state index contributed by atoms with van der Waals surface area (Å²) >= 11 is 0. The average Bonchev–Trinajstić information content (AvgIpc) is 3.23. The van der Waals surface area contributed by atoms with Crippen molar-refractivity contribution in [2.45, 2.75) is 64.1 Å². The summed E-state index contributed by atoms with van der Waals surface area (Å²) in [5, 5.41) is 5.32. The summed E-state index contributed by atoms with van der Waals surface area (Å²) in [7, 11) is 1.50. The van der Waals surface area contributed by atoms with Crippen molar-refractivity contribution in [3.8, 4) is 5.75 Å². The maximum atomic E-state index is 14.7. The third-order valence-electron chi connectivity index (χ3n) is 7.30. The van der Waals surface area contributed by atoms with Crippen LogP contribution in [0.4, 0.5) is 13.6 Å². The highest BCUT2D eigenvalue weighted by Crippen LogP contribution is 2.45. The Morgan fingerprint density at radius 2 is 1.82 bits per heavy atom. The number of fused-ring (bicyclic) bond motifs is 1. The van der Waals surface area contributed by atoms with Crippen LogP contribution in [0.5, 0.6) is 5.75 Å². The predicted octanol–water partition coefficient (Wildman–Crippen LogP) is 4.97. The molecule has 3 amide bonds. The zero-order chi connectivity index (χ0) is 29.2. The highest BCUT2D eigenvalue weighted by Gasteiger charge is 2.45. The van der Waals surface area contributed by atoms with E-state index in [9.17, 15) is 23.2 Å². The molecule has 0 radical (unpaired) electrons. The van der Waals surface area contributed by atoms with Gasteiger partial charge in [0.2, 0.25) is 0 Å². The number of hydrogen-bond acceptors (Lipinski definition) is 5. The molecule has 1 saturated heterocycles. The van der Waals surface area contributed by atoms with Crippen molar-refractivity contribution in [2.24, 2.45) is 5.92 Å². The summed E-state index contributed by atoms with van der Waals surface area (Å²) in [6.45, 7) is 6.80. The number of carbonyl (C=O) groups is 3. The van der Waals surface area contributed by atoms with E-state index in [4.69, 9.17) is 9.47 Å². The number of nitrogens with zero attached hydrogens (tertiary/aromatic N) is 1. The molecule has 0 spiro atoms. The molecule has 0 aliphatic carbocycles. The van der Waals surface area contributed by atoms with Gasteiger partial charge in [-0.05, 0) is 51.8 Å². The summed E-state index contributed by atoms with van der Waals surface area (Å²) in [5.41, 5.74) is 1.45. The molecule has 2 aromatic carbocycles. The molecule has 1 fully saturated rings. The number of ether oxygens (including phenoxy) is 2. The highest BCUT2D eigenvalue weighted by atomic mass is 19.3. The van der Waals surface area contributed by atoms with Gasteiger partial charge >= 0.3 is 6.09 Å². The number of alkyl halides is 2. The Morgan fingerprint density at radius 3 is 2.48 bits per heavy atom. The van der Waals surface area contributed by atoms with Crippen molar-refractivity contribution in [2.75, 3.05) is 26.7 Å². The van der Waals surface area contributed by atoms with Gasteiger partial charge in [-0.15, -0.1) is 0 Å². The molecule has 2 aliphatic rings. The van der Waals surface area contributed by atoms with Crippen molar-refractivity contribution in [1.29, 1.82) is 0 Å². The molecule has 2 heterocycles. The van der Waals surface area contributed by atoms with Gasteiger partial charge in [-0.2, -0.15) is 0 Å². The van der Waals surface area contributed by atoms with Gasteiger partial charge in [-0.25, -0.2) is 13.6 Å². The lowest BCUT2D eigenvalue weighted by molar-refractivity contribution is -0.107. The zero-order valence-electron chi connectivity index (χ0n) is 23.6. The maximum absolute atomic E-state index is 14.7. The molecule has 2 unspecified atom stereocenters. The number of rotatable bonds is 6. The Bertz CT molecular complexity index is 1260. The number of likely N-dealkylation sites (tertiary alicyclic amines) is 1. The van der Waals surface area contributed by atoms with Crippen LogP contribution < -0.4 is 15.4 Å². The summed E-state index contributed by atoms with van der Waals surface area (Å²) in [6, 6.07) is 12.9. The first-order chi connectivity index (χ1) is 18.8. The number of nitrogens with one attached hydrogen (secondary N) is 2. The number of amides is 3. The van der Waals surface area contributed by atoms with Crippen molar-refractivity contribution < 1.29 is 32.6 Å². The third-order valence-corrected chi connectivity index (χ3v) is 7.30. The normalized spacial score (nSPS) is 21.7. The molecule has 2 N–H and O–H groups in total. The van der Waals surface area contributed by atoms with Crippen molar-refractivity contribution in [3.63, 3.8) is 0 Å². The standard InChI is InChI=1S/C30H37F2N3O5/c1-18-24(19-9-7-6-8-10-19)22-15-20(16-23(25(22)39-18)27(37)33-5)26(36)34-13-11-21-17-35(14-12-30(21,31)32)28(38)40-29(2,3)4/h6-10,15-16,18,21,24H,11-14,17H2,1-5H3,(H,33,37)(H,34,36)/t18?,21?,24-/m0/s1. The Kier molecular flexibility index (Phi) is 8.37. The first kappa shape index (κ1) is 29.3. The van der Waals surface area contributed by atoms with E-state index in [2.05, 4.69) is 10.6 Å². The Balaban J connectivity index is 1.50. The molecule has 2 aliphatic heterocycles. The van der Waals surface area contributed by atoms with Crippen molar-refractivity contribution >= 4 is 17.9 Å². The fraction of sp³-hybridized carbons (Fsp3) is 0.500. The molecule has 4 rings (SSSR count). The summed E-state index contributed by atoms with van der Waals surface area (Å²) in [4.78, 5) is 39.7. The van der Waals surface area contributed by atoms with Crippen LogP contribution in [0.1, 0.15) is 78.3 Å². The molecule has 3 atom stereocenters. The van der Waals surface area contributed by atoms with Gasteiger partial charge in [0.05, 0.1) is 5.56 Å². The van der Waals surface area contributed by atoms with Crippen LogP contribution in [0.3, 0.4) is 0 Å². The topological polar surface area (TPSA) is 97.0 Å². The molecule has 0 saturated carbocycles. The van der Waals surface area contributed by atoms with E-state index < -0.39 is 41.8 Å². The molecule has 216 valence electrons. The van der Waals surface area contributed by atoms with E-state index in [-0.39, 0.29) is 49.2 Å². The number of hydrogen-bond donors (Lipinski definition) is 2. The van der Waals surface area contributed by atoms with Gasteiger partial charge in [0.15, 0.2) is 0 Å². The van der Waals surface area contributed by atoms with E-state index >= 15 is 0 Å². The second-order valence-electron chi connectivity index (χ2n) is 11.4. The van der Waals surface area contributed by atoms with E-state index in [1.807, 2.05) is 37.3 Å². The largest absolute Gasteiger partial charge is 0.489 e. The van der Waals surface area contributed by atoms with Gasteiger partial charge in [0, 0.05) is 56.1 Å². The number of benzene rings is 2. The molecular weight excluding hydrogens is 520 g/mol. The smallest absolute Gasteiger partial charge is 0.410 e. The highest BCUT2D eigenvalue weighted by molar-refractivity contribution is 6.02. The maximum Gasteiger partial charge on any atom is 0.410 e. The first-order valence-corrected chi connectivity index (χ1v) is 13.6. The minimum Gasteiger partial charge on any atom is -0.489 e. The van der Waals surface area contributed by atoms with Gasteiger partial charge < -0.3 is 25.0 Å². The number of halogens is 2. The van der Waals surface area contributed by atoms with Crippen LogP contribution in [0.25, 0.3) is 0 Å². The van der Waals surface area contributed by atoms with Crippen molar-refractivity contribution in [1.82, 2.24) is 15.5 Å². The number of carbonyl (C=O) groups excluding carboxylic acids is 3. The summed E-state index contributed by atoms with van der Waals surface area (Å²) in [5.74, 6) is -4.74. The van der Waals surface area contributed by atoms with Crippen LogP contribution in [0, 0.1) is 5.92 Å². The predicted molar refractivity (Wildman–Crippen MR) is 146 cm³/mol. The average molecular weight is 558 g/mol. The first-order valence-electron chi connectivity index (χ1n) is 13.6. The van der Waals surface area contributed by atoms with Gasteiger partial charge in [-0.3, -0.25) is 9.59 Å². The van der Waals surface area contributed by atoms with Crippen molar-refractivity contribution in [3.05, 3.63) is 64.7 Å². The zero-order valence-corrected chi connectivity index (χ0v) is 23.6. The van der Waals surface area contributed by atoms with Crippen LogP contribution in [0.15, 0.2) is 42.5 Å². The molecule has 0 aromatic heterocycles. The Labute approximate surface area is 233 Å². The SMILES string of the molecule is CNC(=O)c1cc(C(=O)NCCC2CN(C(=O)OC(C)(C)C)CCC2(F)F)cc2c1OC(C)[C@H]2c1ccccc1. The van der Waals surface area contributed by atoms with Crippen LogP contribution in [0.2, 0.25) is 0 Å². The van der Waals surface area contributed by atoms with Crippen LogP contribution in [-0.4, -0.2) is 67.1 Å². The summed E-state index contributed by atoms with van der Waals surface area (Å²) in [6.07, 6.45) is -1.38. The Hall–Kier alpha value is -3.69. The fourth-order valence-electron chi connectivity index (χ4n) is 5.30. The molecule has 2 aromatic rings. The molecule has 40 heavy (non-hydrogen) atoms. The summed E-state index contributed by atoms with van der Waals surface area (Å²) < 4.78 is 40.9. The number of piperidine rings is 1. The Morgan fingerprint density at radius 1 is 1.12 bits per heavy atom. The fourth-order valence-corrected chi connectivity index (χ4v) is 5.30. The lowest BCUT2D eigenvalue weighted by atomic mass is 9.87. The van der Waals surface area contributed by atoms with Gasteiger partial charge in [-0.1, -0.05) is 30.3 Å². The molecule has 0 bridgehead atoms.